The average Bonchev–Trinajstić information content (AvgIpc) is 2.97. The molecule has 1 amide bonds. The highest BCUT2D eigenvalue weighted by Crippen LogP contribution is 2.27. The van der Waals surface area contributed by atoms with E-state index in [0.717, 1.165) is 18.7 Å². The Bertz CT molecular complexity index is 1630. The minimum atomic E-state index is -0.725. The summed E-state index contributed by atoms with van der Waals surface area (Å²) in [7, 11) is 0. The first-order chi connectivity index (χ1) is 19.8. The minimum Gasteiger partial charge on any atom is -0.505 e. The molecule has 0 atom stereocenters. The number of halogens is 1. The Labute approximate surface area is 234 Å². The third-order valence-electron chi connectivity index (χ3n) is 6.99. The number of carbonyl (C=O) groups is 1. The SMILES string of the molecule is O=C(NCCN1CCOCC1)c1c(O)c2ncc(Cc3ccc(F)cc3)cc2n(Cc2ccc([N+](=O)[O-])cc2)c1=O. The predicted octanol–water partition coefficient (Wildman–Crippen LogP) is 2.85. The number of ether oxygens (including phenoxy) is 1. The van der Waals surface area contributed by atoms with Crippen LogP contribution >= 0.6 is 0 Å². The fraction of sp³-hybridized carbons (Fsp3) is 0.276. The van der Waals surface area contributed by atoms with Crippen molar-refractivity contribution in [3.05, 3.63) is 109 Å². The van der Waals surface area contributed by atoms with Crippen LogP contribution in [-0.2, 0) is 17.7 Å². The molecule has 3 heterocycles. The first kappa shape index (κ1) is 27.9. The van der Waals surface area contributed by atoms with E-state index in [2.05, 4.69) is 15.2 Å². The molecule has 2 N–H and O–H groups in total. The van der Waals surface area contributed by atoms with Crippen LogP contribution in [0.25, 0.3) is 11.0 Å². The number of benzene rings is 2. The van der Waals surface area contributed by atoms with Crippen LogP contribution in [0.4, 0.5) is 10.1 Å². The molecular formula is C29H28FN5O6. The van der Waals surface area contributed by atoms with E-state index < -0.39 is 27.7 Å². The minimum absolute atomic E-state index is 0.0245. The van der Waals surface area contributed by atoms with Crippen molar-refractivity contribution in [2.24, 2.45) is 0 Å². The third-order valence-corrected chi connectivity index (χ3v) is 6.99. The van der Waals surface area contributed by atoms with Gasteiger partial charge in [0.05, 0.1) is 30.2 Å². The lowest BCUT2D eigenvalue weighted by atomic mass is 10.0. The summed E-state index contributed by atoms with van der Waals surface area (Å²) < 4.78 is 20.0. The van der Waals surface area contributed by atoms with Crippen molar-refractivity contribution < 1.29 is 24.0 Å². The van der Waals surface area contributed by atoms with Crippen LogP contribution in [0.15, 0.2) is 65.6 Å². The van der Waals surface area contributed by atoms with E-state index in [0.29, 0.717) is 37.3 Å². The van der Waals surface area contributed by atoms with Gasteiger partial charge in [-0.3, -0.25) is 29.6 Å². The molecule has 11 nitrogen and oxygen atoms in total. The summed E-state index contributed by atoms with van der Waals surface area (Å²) in [4.78, 5) is 44.0. The Morgan fingerprint density at radius 2 is 1.76 bits per heavy atom. The number of aromatic nitrogens is 2. The number of hydrogen-bond acceptors (Lipinski definition) is 8. The molecule has 4 aromatic rings. The van der Waals surface area contributed by atoms with Crippen LogP contribution in [0.1, 0.15) is 27.0 Å². The maximum atomic E-state index is 13.7. The van der Waals surface area contributed by atoms with Crippen LogP contribution in [0.2, 0.25) is 0 Å². The van der Waals surface area contributed by atoms with Crippen molar-refractivity contribution >= 4 is 22.6 Å². The highest BCUT2D eigenvalue weighted by molar-refractivity contribution is 6.01. The number of pyridine rings is 2. The standard InChI is InChI=1S/C29H28FN5O6/c30-22-5-1-19(2-6-22)15-21-16-24-26(32-17-21)27(36)25(28(37)31-9-10-33-11-13-41-14-12-33)29(38)34(24)18-20-3-7-23(8-4-20)35(39)40/h1-8,16-17,36H,9-15,18H2,(H,31,37). The molecule has 41 heavy (non-hydrogen) atoms. The normalized spacial score (nSPS) is 13.8. The molecule has 1 fully saturated rings. The number of amides is 1. The van der Waals surface area contributed by atoms with E-state index in [1.54, 1.807) is 18.2 Å². The largest absolute Gasteiger partial charge is 0.505 e. The van der Waals surface area contributed by atoms with E-state index in [1.807, 2.05) is 0 Å². The molecule has 0 bridgehead atoms. The number of rotatable bonds is 9. The average molecular weight is 562 g/mol. The van der Waals surface area contributed by atoms with Gasteiger partial charge in [0, 0.05) is 44.5 Å². The summed E-state index contributed by atoms with van der Waals surface area (Å²) in [6.07, 6.45) is 1.92. The third kappa shape index (κ3) is 6.39. The van der Waals surface area contributed by atoms with Gasteiger partial charge in [-0.25, -0.2) is 4.39 Å². The Balaban J connectivity index is 1.51. The number of non-ortho nitro benzene ring substituents is 1. The van der Waals surface area contributed by atoms with Crippen molar-refractivity contribution in [3.8, 4) is 5.75 Å². The highest BCUT2D eigenvalue weighted by Gasteiger charge is 2.24. The summed E-state index contributed by atoms with van der Waals surface area (Å²) in [5, 5.41) is 24.9. The number of nitrogens with one attached hydrogen (secondary N) is 1. The van der Waals surface area contributed by atoms with Crippen molar-refractivity contribution in [3.63, 3.8) is 0 Å². The molecule has 0 radical (unpaired) electrons. The van der Waals surface area contributed by atoms with E-state index in [9.17, 15) is 29.2 Å². The first-order valence-electron chi connectivity index (χ1n) is 13.1. The lowest BCUT2D eigenvalue weighted by Crippen LogP contribution is -2.42. The smallest absolute Gasteiger partial charge is 0.269 e. The Morgan fingerprint density at radius 3 is 2.44 bits per heavy atom. The van der Waals surface area contributed by atoms with Crippen molar-refractivity contribution in [1.82, 2.24) is 19.8 Å². The quantitative estimate of drug-likeness (QED) is 0.235. The fourth-order valence-electron chi connectivity index (χ4n) is 4.79. The number of hydrogen-bond donors (Lipinski definition) is 2. The molecule has 1 aliphatic heterocycles. The molecule has 0 saturated carbocycles. The van der Waals surface area contributed by atoms with Crippen molar-refractivity contribution in [2.75, 3.05) is 39.4 Å². The molecule has 1 saturated heterocycles. The lowest BCUT2D eigenvalue weighted by molar-refractivity contribution is -0.384. The van der Waals surface area contributed by atoms with Gasteiger partial charge in [0.1, 0.15) is 16.9 Å². The Kier molecular flexibility index (Phi) is 8.31. The highest BCUT2D eigenvalue weighted by atomic mass is 19.1. The zero-order valence-electron chi connectivity index (χ0n) is 22.1. The number of morpholine rings is 1. The van der Waals surface area contributed by atoms with E-state index in [-0.39, 0.29) is 35.6 Å². The van der Waals surface area contributed by atoms with Crippen LogP contribution in [0.5, 0.6) is 5.75 Å². The summed E-state index contributed by atoms with van der Waals surface area (Å²) in [6.45, 7) is 3.51. The van der Waals surface area contributed by atoms with Crippen molar-refractivity contribution in [2.45, 2.75) is 13.0 Å². The summed E-state index contributed by atoms with van der Waals surface area (Å²) in [6, 6.07) is 13.4. The topological polar surface area (TPSA) is 140 Å². The van der Waals surface area contributed by atoms with E-state index >= 15 is 0 Å². The number of nitro benzene ring substituents is 1. The Hall–Kier alpha value is -4.68. The predicted molar refractivity (Wildman–Crippen MR) is 149 cm³/mol. The number of nitrogens with zero attached hydrogens (tertiary/aromatic N) is 4. The van der Waals surface area contributed by atoms with Crippen LogP contribution in [0.3, 0.4) is 0 Å². The summed E-state index contributed by atoms with van der Waals surface area (Å²) >= 11 is 0. The molecule has 5 rings (SSSR count). The first-order valence-corrected chi connectivity index (χ1v) is 13.1. The van der Waals surface area contributed by atoms with Crippen LogP contribution in [0, 0.1) is 15.9 Å². The maximum absolute atomic E-state index is 13.7. The molecule has 2 aromatic carbocycles. The van der Waals surface area contributed by atoms with Gasteiger partial charge in [0.2, 0.25) is 0 Å². The fourth-order valence-corrected chi connectivity index (χ4v) is 4.79. The number of nitro groups is 1. The maximum Gasteiger partial charge on any atom is 0.269 e. The van der Waals surface area contributed by atoms with Gasteiger partial charge in [0.25, 0.3) is 17.2 Å². The van der Waals surface area contributed by atoms with Crippen LogP contribution < -0.4 is 10.9 Å². The molecule has 2 aromatic heterocycles. The van der Waals surface area contributed by atoms with Gasteiger partial charge in [-0.05, 0) is 41.3 Å². The van der Waals surface area contributed by atoms with Gasteiger partial charge in [0.15, 0.2) is 5.75 Å². The Morgan fingerprint density at radius 1 is 1.07 bits per heavy atom. The molecule has 12 heteroatoms. The van der Waals surface area contributed by atoms with E-state index in [1.165, 1.54) is 47.2 Å². The van der Waals surface area contributed by atoms with Crippen molar-refractivity contribution in [1.29, 1.82) is 0 Å². The number of fused-ring (bicyclic) bond motifs is 1. The molecule has 212 valence electrons. The van der Waals surface area contributed by atoms with Crippen LogP contribution in [-0.4, -0.2) is 69.8 Å². The second-order valence-corrected chi connectivity index (χ2v) is 9.76. The number of aromatic hydroxyl groups is 1. The number of carbonyl (C=O) groups excluding carboxylic acids is 1. The zero-order chi connectivity index (χ0) is 28.9. The second-order valence-electron chi connectivity index (χ2n) is 9.76. The molecular weight excluding hydrogens is 533 g/mol. The second kappa shape index (κ2) is 12.2. The molecule has 0 unspecified atom stereocenters. The monoisotopic (exact) mass is 561 g/mol. The van der Waals surface area contributed by atoms with Gasteiger partial charge in [-0.15, -0.1) is 0 Å². The van der Waals surface area contributed by atoms with E-state index in [4.69, 9.17) is 4.74 Å². The van der Waals surface area contributed by atoms with Gasteiger partial charge in [-0.1, -0.05) is 24.3 Å². The lowest BCUT2D eigenvalue weighted by Gasteiger charge is -2.26. The van der Waals surface area contributed by atoms with Gasteiger partial charge in [-0.2, -0.15) is 0 Å². The summed E-state index contributed by atoms with van der Waals surface area (Å²) in [5.74, 6) is -1.61. The molecule has 0 aliphatic carbocycles. The summed E-state index contributed by atoms with van der Waals surface area (Å²) in [5.41, 5.74) is 1.19. The van der Waals surface area contributed by atoms with Gasteiger partial charge < -0.3 is 19.7 Å². The molecule has 1 aliphatic rings. The van der Waals surface area contributed by atoms with Gasteiger partial charge >= 0.3 is 0 Å². The molecule has 0 spiro atoms. The zero-order valence-corrected chi connectivity index (χ0v) is 22.1.